The molecular formula is C13H15BrO3. The zero-order valence-electron chi connectivity index (χ0n) is 9.74. The molecule has 0 saturated carbocycles. The standard InChI is InChI=1S/C13H15BrO3/c1-2-16-13(15)6-9-5-10-7-11(14)3-4-12(10)17-8-9/h3-4,7,9H,2,5-6,8H2,1H3. The first-order valence-electron chi connectivity index (χ1n) is 5.76. The lowest BCUT2D eigenvalue weighted by molar-refractivity contribution is -0.144. The van der Waals surface area contributed by atoms with Crippen molar-refractivity contribution >= 4 is 21.9 Å². The summed E-state index contributed by atoms with van der Waals surface area (Å²) in [6.45, 7) is 2.85. The van der Waals surface area contributed by atoms with E-state index in [-0.39, 0.29) is 11.9 Å². The molecule has 0 aromatic heterocycles. The molecule has 0 bridgehead atoms. The molecule has 1 aliphatic heterocycles. The molecular weight excluding hydrogens is 284 g/mol. The van der Waals surface area contributed by atoms with Crippen LogP contribution in [0.25, 0.3) is 0 Å². The molecule has 1 aromatic carbocycles. The lowest BCUT2D eigenvalue weighted by atomic mass is 9.94. The summed E-state index contributed by atoms with van der Waals surface area (Å²) in [7, 11) is 0. The van der Waals surface area contributed by atoms with Crippen LogP contribution in [0, 0.1) is 5.92 Å². The van der Waals surface area contributed by atoms with Crippen molar-refractivity contribution in [3.8, 4) is 5.75 Å². The van der Waals surface area contributed by atoms with Gasteiger partial charge in [0.15, 0.2) is 0 Å². The number of benzene rings is 1. The maximum Gasteiger partial charge on any atom is 0.306 e. The highest BCUT2D eigenvalue weighted by molar-refractivity contribution is 9.10. The minimum atomic E-state index is -0.139. The molecule has 0 aliphatic carbocycles. The van der Waals surface area contributed by atoms with Gasteiger partial charge in [-0.05, 0) is 37.1 Å². The van der Waals surface area contributed by atoms with Crippen LogP contribution >= 0.6 is 15.9 Å². The quantitative estimate of drug-likeness (QED) is 0.805. The molecule has 2 rings (SSSR count). The fourth-order valence-electron chi connectivity index (χ4n) is 2.01. The smallest absolute Gasteiger partial charge is 0.306 e. The van der Waals surface area contributed by atoms with Crippen LogP contribution in [-0.4, -0.2) is 19.2 Å². The van der Waals surface area contributed by atoms with E-state index in [9.17, 15) is 4.79 Å². The Morgan fingerprint density at radius 1 is 1.59 bits per heavy atom. The third-order valence-electron chi connectivity index (χ3n) is 2.77. The highest BCUT2D eigenvalue weighted by Crippen LogP contribution is 2.31. The minimum Gasteiger partial charge on any atom is -0.493 e. The lowest BCUT2D eigenvalue weighted by Crippen LogP contribution is -2.24. The first-order chi connectivity index (χ1) is 8.19. The van der Waals surface area contributed by atoms with Crippen LogP contribution in [0.4, 0.5) is 0 Å². The third-order valence-corrected chi connectivity index (χ3v) is 3.26. The van der Waals surface area contributed by atoms with Gasteiger partial charge in [-0.25, -0.2) is 0 Å². The Kier molecular flexibility index (Phi) is 4.05. The number of rotatable bonds is 3. The topological polar surface area (TPSA) is 35.5 Å². The number of carbonyl (C=O) groups is 1. The van der Waals surface area contributed by atoms with Crippen molar-refractivity contribution in [2.45, 2.75) is 19.8 Å². The van der Waals surface area contributed by atoms with Crippen LogP contribution in [0.1, 0.15) is 18.9 Å². The second-order valence-corrected chi connectivity index (χ2v) is 5.06. The first-order valence-corrected chi connectivity index (χ1v) is 6.55. The van der Waals surface area contributed by atoms with Crippen LogP contribution in [0.2, 0.25) is 0 Å². The molecule has 0 fully saturated rings. The summed E-state index contributed by atoms with van der Waals surface area (Å²) in [6, 6.07) is 5.97. The Morgan fingerprint density at radius 3 is 3.18 bits per heavy atom. The Labute approximate surface area is 109 Å². The Hall–Kier alpha value is -1.03. The largest absolute Gasteiger partial charge is 0.493 e. The van der Waals surface area contributed by atoms with Gasteiger partial charge in [0.2, 0.25) is 0 Å². The van der Waals surface area contributed by atoms with Crippen LogP contribution in [0.15, 0.2) is 22.7 Å². The van der Waals surface area contributed by atoms with Crippen LogP contribution in [0.5, 0.6) is 5.75 Å². The summed E-state index contributed by atoms with van der Waals surface area (Å²) < 4.78 is 11.6. The van der Waals surface area contributed by atoms with Gasteiger partial charge in [0, 0.05) is 10.4 Å². The second kappa shape index (κ2) is 5.54. The zero-order valence-corrected chi connectivity index (χ0v) is 11.3. The third kappa shape index (κ3) is 3.22. The van der Waals surface area contributed by atoms with Gasteiger partial charge in [-0.15, -0.1) is 0 Å². The van der Waals surface area contributed by atoms with Gasteiger partial charge in [0.05, 0.1) is 19.6 Å². The molecule has 1 heterocycles. The highest BCUT2D eigenvalue weighted by atomic mass is 79.9. The first kappa shape index (κ1) is 12.4. The maximum absolute atomic E-state index is 11.4. The second-order valence-electron chi connectivity index (χ2n) is 4.14. The number of hydrogen-bond acceptors (Lipinski definition) is 3. The van der Waals surface area contributed by atoms with Crippen molar-refractivity contribution in [3.05, 3.63) is 28.2 Å². The average molecular weight is 299 g/mol. The SMILES string of the molecule is CCOC(=O)CC1COc2ccc(Br)cc2C1. The van der Waals surface area contributed by atoms with Gasteiger partial charge in [-0.1, -0.05) is 15.9 Å². The van der Waals surface area contributed by atoms with Gasteiger partial charge in [-0.3, -0.25) is 4.79 Å². The number of fused-ring (bicyclic) bond motifs is 1. The molecule has 0 saturated heterocycles. The van der Waals surface area contributed by atoms with Crippen molar-refractivity contribution in [2.24, 2.45) is 5.92 Å². The molecule has 1 atom stereocenters. The summed E-state index contributed by atoms with van der Waals surface area (Å²) in [5, 5.41) is 0. The molecule has 4 heteroatoms. The Balaban J connectivity index is 2.00. The molecule has 1 aromatic rings. The number of halogens is 1. The molecule has 3 nitrogen and oxygen atoms in total. The molecule has 1 unspecified atom stereocenters. The van der Waals surface area contributed by atoms with Crippen molar-refractivity contribution < 1.29 is 14.3 Å². The predicted octanol–water partition coefficient (Wildman–Crippen LogP) is 2.95. The summed E-state index contributed by atoms with van der Waals surface area (Å²) in [4.78, 5) is 11.4. The Morgan fingerprint density at radius 2 is 2.41 bits per heavy atom. The van der Waals surface area contributed by atoms with Gasteiger partial charge >= 0.3 is 5.97 Å². The summed E-state index contributed by atoms with van der Waals surface area (Å²) in [5.41, 5.74) is 1.15. The number of carbonyl (C=O) groups excluding carboxylic acids is 1. The van der Waals surface area contributed by atoms with E-state index in [2.05, 4.69) is 15.9 Å². The van der Waals surface area contributed by atoms with E-state index < -0.39 is 0 Å². The van der Waals surface area contributed by atoms with Crippen molar-refractivity contribution in [1.29, 1.82) is 0 Å². The van der Waals surface area contributed by atoms with Crippen molar-refractivity contribution in [1.82, 2.24) is 0 Å². The fourth-order valence-corrected chi connectivity index (χ4v) is 2.42. The van der Waals surface area contributed by atoms with Crippen LogP contribution < -0.4 is 4.74 Å². The van der Waals surface area contributed by atoms with Gasteiger partial charge in [0.25, 0.3) is 0 Å². The fraction of sp³-hybridized carbons (Fsp3) is 0.462. The van der Waals surface area contributed by atoms with E-state index in [0.717, 1.165) is 22.2 Å². The molecule has 0 N–H and O–H groups in total. The minimum absolute atomic E-state index is 0.139. The molecule has 92 valence electrons. The van der Waals surface area contributed by atoms with E-state index in [1.54, 1.807) is 0 Å². The van der Waals surface area contributed by atoms with E-state index in [1.165, 1.54) is 0 Å². The molecule has 0 spiro atoms. The predicted molar refractivity (Wildman–Crippen MR) is 68.1 cm³/mol. The maximum atomic E-state index is 11.4. The van der Waals surface area contributed by atoms with Crippen molar-refractivity contribution in [2.75, 3.05) is 13.2 Å². The molecule has 0 radical (unpaired) electrons. The van der Waals surface area contributed by atoms with Crippen LogP contribution in [-0.2, 0) is 16.0 Å². The van der Waals surface area contributed by atoms with Gasteiger partial charge in [0.1, 0.15) is 5.75 Å². The van der Waals surface area contributed by atoms with E-state index >= 15 is 0 Å². The lowest BCUT2D eigenvalue weighted by Gasteiger charge is -2.24. The van der Waals surface area contributed by atoms with Crippen LogP contribution in [0.3, 0.4) is 0 Å². The van der Waals surface area contributed by atoms with Gasteiger partial charge < -0.3 is 9.47 Å². The highest BCUT2D eigenvalue weighted by Gasteiger charge is 2.22. The number of hydrogen-bond donors (Lipinski definition) is 0. The normalized spacial score (nSPS) is 18.1. The molecule has 1 aliphatic rings. The molecule has 0 amide bonds. The summed E-state index contributed by atoms with van der Waals surface area (Å²) in [5.74, 6) is 1.00. The summed E-state index contributed by atoms with van der Waals surface area (Å²) >= 11 is 3.44. The van der Waals surface area contributed by atoms with Gasteiger partial charge in [-0.2, -0.15) is 0 Å². The van der Waals surface area contributed by atoms with E-state index in [4.69, 9.17) is 9.47 Å². The number of esters is 1. The van der Waals surface area contributed by atoms with E-state index in [0.29, 0.717) is 19.6 Å². The average Bonchev–Trinajstić information content (AvgIpc) is 2.28. The molecule has 17 heavy (non-hydrogen) atoms. The van der Waals surface area contributed by atoms with Crippen molar-refractivity contribution in [3.63, 3.8) is 0 Å². The Bertz CT molecular complexity index is 417. The summed E-state index contributed by atoms with van der Waals surface area (Å²) in [6.07, 6.45) is 1.30. The monoisotopic (exact) mass is 298 g/mol. The number of ether oxygens (including phenoxy) is 2. The van der Waals surface area contributed by atoms with E-state index in [1.807, 2.05) is 25.1 Å². The zero-order chi connectivity index (χ0) is 12.3.